The molecule has 0 spiro atoms. The molecular formula is C11H18N2O3. The number of ether oxygens (including phenoxy) is 1. The van der Waals surface area contributed by atoms with E-state index in [1.807, 2.05) is 0 Å². The highest BCUT2D eigenvalue weighted by Gasteiger charge is 2.16. The maximum atomic E-state index is 11.8. The number of rotatable bonds is 5. The summed E-state index contributed by atoms with van der Waals surface area (Å²) >= 11 is 0. The molecule has 16 heavy (non-hydrogen) atoms. The van der Waals surface area contributed by atoms with Crippen LogP contribution in [0, 0.1) is 13.8 Å². The Morgan fingerprint density at radius 3 is 2.75 bits per heavy atom. The minimum Gasteiger partial charge on any atom is -0.466 e. The van der Waals surface area contributed by atoms with Crippen LogP contribution in [0.4, 0.5) is 0 Å². The number of nitrogens with two attached hydrogens (primary N) is 1. The minimum absolute atomic E-state index is 0.174. The Morgan fingerprint density at radius 1 is 1.62 bits per heavy atom. The summed E-state index contributed by atoms with van der Waals surface area (Å²) in [5, 5.41) is 2.79. The Hall–Kier alpha value is -1.33. The summed E-state index contributed by atoms with van der Waals surface area (Å²) in [6, 6.07) is 1.54. The van der Waals surface area contributed by atoms with Crippen LogP contribution in [0.25, 0.3) is 0 Å². The molecule has 0 bridgehead atoms. The lowest BCUT2D eigenvalue weighted by Gasteiger charge is -2.15. The standard InChI is InChI=1S/C11H18N2O3/c1-7-4-10(8(2)16-7)11(14)13-9(5-12)6-15-3/h4,9H,5-6,12H2,1-3H3,(H,13,14). The summed E-state index contributed by atoms with van der Waals surface area (Å²) in [5.74, 6) is 1.16. The van der Waals surface area contributed by atoms with Gasteiger partial charge in [0.2, 0.25) is 0 Å². The quantitative estimate of drug-likeness (QED) is 0.770. The molecule has 0 saturated heterocycles. The average molecular weight is 226 g/mol. The van der Waals surface area contributed by atoms with Gasteiger partial charge in [0, 0.05) is 13.7 Å². The van der Waals surface area contributed by atoms with Crippen molar-refractivity contribution in [1.29, 1.82) is 0 Å². The topological polar surface area (TPSA) is 77.5 Å². The summed E-state index contributed by atoms with van der Waals surface area (Å²) in [6.07, 6.45) is 0. The first-order chi connectivity index (χ1) is 7.58. The predicted molar refractivity (Wildman–Crippen MR) is 60.4 cm³/mol. The van der Waals surface area contributed by atoms with Crippen molar-refractivity contribution in [3.63, 3.8) is 0 Å². The van der Waals surface area contributed by atoms with Gasteiger partial charge in [-0.05, 0) is 19.9 Å². The number of carbonyl (C=O) groups is 1. The van der Waals surface area contributed by atoms with E-state index in [1.165, 1.54) is 0 Å². The Morgan fingerprint density at radius 2 is 2.31 bits per heavy atom. The van der Waals surface area contributed by atoms with Crippen LogP contribution in [0.1, 0.15) is 21.9 Å². The van der Waals surface area contributed by atoms with E-state index in [-0.39, 0.29) is 11.9 Å². The van der Waals surface area contributed by atoms with Crippen LogP contribution < -0.4 is 11.1 Å². The molecule has 3 N–H and O–H groups in total. The fraction of sp³-hybridized carbons (Fsp3) is 0.545. The molecule has 1 heterocycles. The van der Waals surface area contributed by atoms with Crippen LogP contribution in [-0.2, 0) is 4.74 Å². The average Bonchev–Trinajstić information content (AvgIpc) is 2.57. The van der Waals surface area contributed by atoms with Crippen molar-refractivity contribution in [3.8, 4) is 0 Å². The highest BCUT2D eigenvalue weighted by atomic mass is 16.5. The van der Waals surface area contributed by atoms with Gasteiger partial charge in [0.1, 0.15) is 11.5 Å². The Labute approximate surface area is 94.9 Å². The van der Waals surface area contributed by atoms with Gasteiger partial charge in [0.05, 0.1) is 18.2 Å². The molecule has 1 atom stereocenters. The van der Waals surface area contributed by atoms with Crippen molar-refractivity contribution in [3.05, 3.63) is 23.2 Å². The van der Waals surface area contributed by atoms with Gasteiger partial charge in [-0.15, -0.1) is 0 Å². The molecule has 0 aromatic carbocycles. The SMILES string of the molecule is COCC(CN)NC(=O)c1cc(C)oc1C. The van der Waals surface area contributed by atoms with Gasteiger partial charge in [0.15, 0.2) is 0 Å². The van der Waals surface area contributed by atoms with E-state index in [0.717, 1.165) is 5.76 Å². The van der Waals surface area contributed by atoms with Crippen molar-refractivity contribution in [2.45, 2.75) is 19.9 Å². The van der Waals surface area contributed by atoms with Crippen LogP contribution in [0.15, 0.2) is 10.5 Å². The summed E-state index contributed by atoms with van der Waals surface area (Å²) in [4.78, 5) is 11.8. The van der Waals surface area contributed by atoms with Gasteiger partial charge >= 0.3 is 0 Å². The summed E-state index contributed by atoms with van der Waals surface area (Å²) in [6.45, 7) is 4.31. The van der Waals surface area contributed by atoms with Crippen molar-refractivity contribution < 1.29 is 13.9 Å². The zero-order valence-electron chi connectivity index (χ0n) is 9.87. The first-order valence-electron chi connectivity index (χ1n) is 5.15. The van der Waals surface area contributed by atoms with E-state index in [0.29, 0.717) is 24.5 Å². The number of hydrogen-bond acceptors (Lipinski definition) is 4. The van der Waals surface area contributed by atoms with E-state index >= 15 is 0 Å². The molecule has 1 amide bonds. The molecule has 0 aliphatic rings. The highest BCUT2D eigenvalue weighted by Crippen LogP contribution is 2.13. The molecule has 1 unspecified atom stereocenters. The molecule has 0 radical (unpaired) electrons. The van der Waals surface area contributed by atoms with Crippen LogP contribution in [0.3, 0.4) is 0 Å². The first-order valence-corrected chi connectivity index (χ1v) is 5.15. The summed E-state index contributed by atoms with van der Waals surface area (Å²) in [7, 11) is 1.57. The van der Waals surface area contributed by atoms with E-state index in [1.54, 1.807) is 27.0 Å². The predicted octanol–water partition coefficient (Wildman–Crippen LogP) is 0.600. The Kier molecular flexibility index (Phi) is 4.52. The maximum Gasteiger partial charge on any atom is 0.255 e. The Bertz CT molecular complexity index is 360. The number of amides is 1. The van der Waals surface area contributed by atoms with Crippen LogP contribution in [-0.4, -0.2) is 32.2 Å². The lowest BCUT2D eigenvalue weighted by Crippen LogP contribution is -2.43. The number of hydrogen-bond donors (Lipinski definition) is 2. The number of methoxy groups -OCH3 is 1. The van der Waals surface area contributed by atoms with E-state index in [9.17, 15) is 4.79 Å². The molecule has 5 nitrogen and oxygen atoms in total. The molecule has 1 aromatic rings. The van der Waals surface area contributed by atoms with Gasteiger partial charge < -0.3 is 20.2 Å². The van der Waals surface area contributed by atoms with Crippen molar-refractivity contribution in [2.24, 2.45) is 5.73 Å². The lowest BCUT2D eigenvalue weighted by atomic mass is 10.2. The van der Waals surface area contributed by atoms with Crippen molar-refractivity contribution in [1.82, 2.24) is 5.32 Å². The van der Waals surface area contributed by atoms with Crippen LogP contribution in [0.2, 0.25) is 0 Å². The second-order valence-electron chi connectivity index (χ2n) is 3.69. The first kappa shape index (κ1) is 12.7. The maximum absolute atomic E-state index is 11.8. The third kappa shape index (κ3) is 3.08. The van der Waals surface area contributed by atoms with E-state index in [2.05, 4.69) is 5.32 Å². The van der Waals surface area contributed by atoms with Gasteiger partial charge in [0.25, 0.3) is 5.91 Å². The third-order valence-corrected chi connectivity index (χ3v) is 2.27. The van der Waals surface area contributed by atoms with Crippen molar-refractivity contribution in [2.75, 3.05) is 20.3 Å². The molecule has 1 aromatic heterocycles. The van der Waals surface area contributed by atoms with Gasteiger partial charge in [-0.2, -0.15) is 0 Å². The largest absolute Gasteiger partial charge is 0.466 e. The lowest BCUT2D eigenvalue weighted by molar-refractivity contribution is 0.0899. The second-order valence-corrected chi connectivity index (χ2v) is 3.69. The monoisotopic (exact) mass is 226 g/mol. The third-order valence-electron chi connectivity index (χ3n) is 2.27. The van der Waals surface area contributed by atoms with Gasteiger partial charge in [-0.25, -0.2) is 0 Å². The van der Waals surface area contributed by atoms with Crippen LogP contribution >= 0.6 is 0 Å². The van der Waals surface area contributed by atoms with Gasteiger partial charge in [-0.1, -0.05) is 0 Å². The molecule has 1 rings (SSSR count). The summed E-state index contributed by atoms with van der Waals surface area (Å²) < 4.78 is 10.2. The zero-order chi connectivity index (χ0) is 12.1. The van der Waals surface area contributed by atoms with E-state index < -0.39 is 0 Å². The smallest absolute Gasteiger partial charge is 0.255 e. The number of furan rings is 1. The molecule has 0 aliphatic carbocycles. The minimum atomic E-state index is -0.179. The molecule has 0 fully saturated rings. The number of carbonyl (C=O) groups excluding carboxylic acids is 1. The fourth-order valence-corrected chi connectivity index (χ4v) is 1.49. The molecule has 0 saturated carbocycles. The van der Waals surface area contributed by atoms with Crippen molar-refractivity contribution >= 4 is 5.91 Å². The van der Waals surface area contributed by atoms with Crippen LogP contribution in [0.5, 0.6) is 0 Å². The highest BCUT2D eigenvalue weighted by molar-refractivity contribution is 5.95. The fourth-order valence-electron chi connectivity index (χ4n) is 1.49. The normalized spacial score (nSPS) is 12.5. The van der Waals surface area contributed by atoms with E-state index in [4.69, 9.17) is 14.9 Å². The number of nitrogens with one attached hydrogen (secondary N) is 1. The molecule has 5 heteroatoms. The number of aryl methyl sites for hydroxylation is 2. The summed E-state index contributed by atoms with van der Waals surface area (Å²) in [5.41, 5.74) is 6.06. The Balaban J connectivity index is 2.67. The molecular weight excluding hydrogens is 208 g/mol. The zero-order valence-corrected chi connectivity index (χ0v) is 9.87. The van der Waals surface area contributed by atoms with Gasteiger partial charge in [-0.3, -0.25) is 4.79 Å². The second kappa shape index (κ2) is 5.67. The molecule has 90 valence electrons. The molecule has 0 aliphatic heterocycles.